The largest absolute Gasteiger partial charge is 0.481 e. The fourth-order valence-corrected chi connectivity index (χ4v) is 1.64. The van der Waals surface area contributed by atoms with E-state index < -0.39 is 5.97 Å². The van der Waals surface area contributed by atoms with Crippen LogP contribution in [0.2, 0.25) is 0 Å². The molecule has 0 bridgehead atoms. The van der Waals surface area contributed by atoms with Gasteiger partial charge in [0.15, 0.2) is 0 Å². The van der Waals surface area contributed by atoms with Gasteiger partial charge in [-0.15, -0.1) is 0 Å². The van der Waals surface area contributed by atoms with E-state index in [2.05, 4.69) is 21.4 Å². The number of aromatic nitrogens is 2. The summed E-state index contributed by atoms with van der Waals surface area (Å²) in [7, 11) is 0. The fourth-order valence-electron chi connectivity index (χ4n) is 1.64. The Morgan fingerprint density at radius 1 is 1.35 bits per heavy atom. The molecule has 0 aliphatic carbocycles. The molecule has 0 saturated carbocycles. The van der Waals surface area contributed by atoms with Crippen molar-refractivity contribution >= 4 is 17.5 Å². The number of aryl methyl sites for hydroxylation is 1. The topological polar surface area (TPSA) is 98.9 Å². The third-order valence-electron chi connectivity index (χ3n) is 2.58. The van der Waals surface area contributed by atoms with Gasteiger partial charge in [-0.25, -0.2) is 9.97 Å². The maximum absolute atomic E-state index is 10.5. The van der Waals surface area contributed by atoms with Gasteiger partial charge in [0.1, 0.15) is 17.7 Å². The summed E-state index contributed by atoms with van der Waals surface area (Å²) < 4.78 is 0. The number of anilines is 2. The van der Waals surface area contributed by atoms with Gasteiger partial charge in [-0.05, 0) is 18.2 Å². The van der Waals surface area contributed by atoms with Crippen molar-refractivity contribution in [2.75, 3.05) is 5.32 Å². The Morgan fingerprint density at radius 3 is 2.90 bits per heavy atom. The predicted molar refractivity (Wildman–Crippen MR) is 72.4 cm³/mol. The first-order chi connectivity index (χ1) is 9.69. The van der Waals surface area contributed by atoms with Crippen molar-refractivity contribution in [2.45, 2.75) is 12.8 Å². The molecule has 1 aromatic carbocycles. The molecule has 0 fully saturated rings. The summed E-state index contributed by atoms with van der Waals surface area (Å²) in [4.78, 5) is 18.8. The first kappa shape index (κ1) is 13.5. The molecule has 2 rings (SSSR count). The van der Waals surface area contributed by atoms with Gasteiger partial charge in [-0.3, -0.25) is 4.79 Å². The minimum absolute atomic E-state index is 0.0156. The van der Waals surface area contributed by atoms with Gasteiger partial charge in [0.05, 0.1) is 17.7 Å². The van der Waals surface area contributed by atoms with Crippen LogP contribution in [0.4, 0.5) is 11.5 Å². The van der Waals surface area contributed by atoms with Crippen molar-refractivity contribution in [1.29, 1.82) is 5.26 Å². The Hall–Kier alpha value is -2.94. The SMILES string of the molecule is N#Cc1ccccc1Nc1ccnc(CCC(=O)O)n1. The van der Waals surface area contributed by atoms with Crippen molar-refractivity contribution < 1.29 is 9.90 Å². The molecule has 6 nitrogen and oxygen atoms in total. The molecule has 0 aliphatic rings. The molecule has 6 heteroatoms. The molecule has 0 spiro atoms. The standard InChI is InChI=1S/C14H12N4O2/c15-9-10-3-1-2-4-11(10)17-13-7-8-16-12(18-13)5-6-14(19)20/h1-4,7-8H,5-6H2,(H,19,20)(H,16,17,18). The highest BCUT2D eigenvalue weighted by Crippen LogP contribution is 2.18. The summed E-state index contributed by atoms with van der Waals surface area (Å²) in [6.07, 6.45) is 1.81. The van der Waals surface area contributed by atoms with Crippen LogP contribution < -0.4 is 5.32 Å². The van der Waals surface area contributed by atoms with E-state index >= 15 is 0 Å². The van der Waals surface area contributed by atoms with Gasteiger partial charge in [0, 0.05) is 12.6 Å². The molecule has 0 atom stereocenters. The average Bonchev–Trinajstić information content (AvgIpc) is 2.46. The molecule has 1 aromatic heterocycles. The lowest BCUT2D eigenvalue weighted by atomic mass is 10.2. The van der Waals surface area contributed by atoms with Gasteiger partial charge < -0.3 is 10.4 Å². The lowest BCUT2D eigenvalue weighted by Crippen LogP contribution is -2.04. The van der Waals surface area contributed by atoms with Crippen LogP contribution in [0.3, 0.4) is 0 Å². The minimum atomic E-state index is -0.887. The maximum atomic E-state index is 10.5. The van der Waals surface area contributed by atoms with E-state index in [1.54, 1.807) is 30.5 Å². The maximum Gasteiger partial charge on any atom is 0.303 e. The highest BCUT2D eigenvalue weighted by molar-refractivity contribution is 5.67. The summed E-state index contributed by atoms with van der Waals surface area (Å²) in [5.41, 5.74) is 1.16. The molecule has 0 amide bonds. The number of benzene rings is 1. The molecule has 20 heavy (non-hydrogen) atoms. The van der Waals surface area contributed by atoms with E-state index in [0.29, 0.717) is 22.9 Å². The molecular weight excluding hydrogens is 256 g/mol. The number of nitrogens with zero attached hydrogens (tertiary/aromatic N) is 3. The van der Waals surface area contributed by atoms with Crippen molar-refractivity contribution in [2.24, 2.45) is 0 Å². The summed E-state index contributed by atoms with van der Waals surface area (Å²) >= 11 is 0. The molecule has 100 valence electrons. The van der Waals surface area contributed by atoms with E-state index in [0.717, 1.165) is 0 Å². The number of carboxylic acid groups (broad SMARTS) is 1. The Balaban J connectivity index is 2.15. The van der Waals surface area contributed by atoms with E-state index in [1.807, 2.05) is 6.07 Å². The van der Waals surface area contributed by atoms with E-state index in [-0.39, 0.29) is 12.8 Å². The number of nitriles is 1. The van der Waals surface area contributed by atoms with Crippen LogP contribution in [0, 0.1) is 11.3 Å². The fraction of sp³-hybridized carbons (Fsp3) is 0.143. The van der Waals surface area contributed by atoms with Gasteiger partial charge in [0.25, 0.3) is 0 Å². The van der Waals surface area contributed by atoms with Crippen LogP contribution >= 0.6 is 0 Å². The highest BCUT2D eigenvalue weighted by Gasteiger charge is 2.05. The van der Waals surface area contributed by atoms with Crippen LogP contribution in [0.5, 0.6) is 0 Å². The quantitative estimate of drug-likeness (QED) is 0.861. The summed E-state index contributed by atoms with van der Waals surface area (Å²) in [5.74, 6) is 0.0942. The second-order valence-electron chi connectivity index (χ2n) is 4.03. The Bertz CT molecular complexity index is 664. The summed E-state index contributed by atoms with van der Waals surface area (Å²) in [6, 6.07) is 10.8. The third-order valence-corrected chi connectivity index (χ3v) is 2.58. The molecule has 1 heterocycles. The van der Waals surface area contributed by atoms with Crippen molar-refractivity contribution in [1.82, 2.24) is 9.97 Å². The Labute approximate surface area is 115 Å². The molecular formula is C14H12N4O2. The number of aliphatic carboxylic acids is 1. The Kier molecular flexibility index (Phi) is 4.24. The van der Waals surface area contributed by atoms with Crippen molar-refractivity contribution in [3.63, 3.8) is 0 Å². The van der Waals surface area contributed by atoms with Gasteiger partial charge in [0.2, 0.25) is 0 Å². The van der Waals surface area contributed by atoms with Crippen LogP contribution in [-0.2, 0) is 11.2 Å². The predicted octanol–water partition coefficient (Wildman–Crippen LogP) is 2.11. The second-order valence-corrected chi connectivity index (χ2v) is 4.03. The molecule has 0 aliphatic heterocycles. The van der Waals surface area contributed by atoms with Crippen molar-refractivity contribution in [3.8, 4) is 6.07 Å². The smallest absolute Gasteiger partial charge is 0.303 e. The lowest BCUT2D eigenvalue weighted by Gasteiger charge is -2.07. The van der Waals surface area contributed by atoms with E-state index in [4.69, 9.17) is 10.4 Å². The van der Waals surface area contributed by atoms with Crippen LogP contribution in [0.1, 0.15) is 17.8 Å². The molecule has 0 saturated heterocycles. The number of hydrogen-bond donors (Lipinski definition) is 2. The number of rotatable bonds is 5. The van der Waals surface area contributed by atoms with Crippen LogP contribution in [0.25, 0.3) is 0 Å². The van der Waals surface area contributed by atoms with Gasteiger partial charge in [-0.2, -0.15) is 5.26 Å². The molecule has 0 radical (unpaired) electrons. The zero-order valence-electron chi connectivity index (χ0n) is 10.6. The van der Waals surface area contributed by atoms with E-state index in [9.17, 15) is 4.79 Å². The van der Waals surface area contributed by atoms with E-state index in [1.165, 1.54) is 0 Å². The monoisotopic (exact) mass is 268 g/mol. The van der Waals surface area contributed by atoms with Gasteiger partial charge >= 0.3 is 5.97 Å². The lowest BCUT2D eigenvalue weighted by molar-refractivity contribution is -0.137. The molecule has 0 unspecified atom stereocenters. The van der Waals surface area contributed by atoms with Crippen LogP contribution in [-0.4, -0.2) is 21.0 Å². The highest BCUT2D eigenvalue weighted by atomic mass is 16.4. The average molecular weight is 268 g/mol. The first-order valence-corrected chi connectivity index (χ1v) is 5.99. The zero-order valence-corrected chi connectivity index (χ0v) is 10.6. The Morgan fingerprint density at radius 2 is 2.15 bits per heavy atom. The zero-order chi connectivity index (χ0) is 14.4. The minimum Gasteiger partial charge on any atom is -0.481 e. The number of carboxylic acids is 1. The number of carbonyl (C=O) groups is 1. The van der Waals surface area contributed by atoms with Crippen molar-refractivity contribution in [3.05, 3.63) is 47.9 Å². The third kappa shape index (κ3) is 3.53. The first-order valence-electron chi connectivity index (χ1n) is 5.99. The number of hydrogen-bond acceptors (Lipinski definition) is 5. The second kappa shape index (κ2) is 6.29. The number of nitrogens with one attached hydrogen (secondary N) is 1. The normalized spacial score (nSPS) is 9.75. The summed E-state index contributed by atoms with van der Waals surface area (Å²) in [5, 5.41) is 20.7. The van der Waals surface area contributed by atoms with Crippen LogP contribution in [0.15, 0.2) is 36.5 Å². The summed E-state index contributed by atoms with van der Waals surface area (Å²) in [6.45, 7) is 0. The molecule has 2 aromatic rings. The molecule has 2 N–H and O–H groups in total. The number of para-hydroxylation sites is 1. The van der Waals surface area contributed by atoms with Gasteiger partial charge in [-0.1, -0.05) is 12.1 Å².